The lowest BCUT2D eigenvalue weighted by Gasteiger charge is -2.46. The monoisotopic (exact) mass is 861 g/mol. The number of anilines is 1. The molecule has 2 bridgehead atoms. The van der Waals surface area contributed by atoms with Crippen LogP contribution < -0.4 is 14.4 Å². The van der Waals surface area contributed by atoms with E-state index in [1.165, 1.54) is 29.1 Å². The summed E-state index contributed by atoms with van der Waals surface area (Å²) in [6.45, 7) is 7.21. The number of aromatic nitrogens is 2. The van der Waals surface area contributed by atoms with Crippen molar-refractivity contribution < 1.29 is 37.5 Å². The predicted octanol–water partition coefficient (Wildman–Crippen LogP) is 6.30. The molecule has 2 aromatic carbocycles. The van der Waals surface area contributed by atoms with E-state index in [2.05, 4.69) is 31.4 Å². The number of carbonyl (C=O) groups excluding carboxylic acids is 3. The van der Waals surface area contributed by atoms with Crippen LogP contribution in [0.25, 0.3) is 0 Å². The van der Waals surface area contributed by atoms with Crippen molar-refractivity contribution in [2.24, 2.45) is 29.2 Å². The molecule has 15 heteroatoms. The fraction of sp³-hybridized carbons (Fsp3) is 0.556. The first-order valence-electron chi connectivity index (χ1n) is 21.3. The highest BCUT2D eigenvalue weighted by Gasteiger charge is 2.45. The lowest BCUT2D eigenvalue weighted by atomic mass is 9.68. The molecular weight excluding hydrogens is 806 g/mol. The van der Waals surface area contributed by atoms with Gasteiger partial charge in [0.05, 0.1) is 54.5 Å². The highest BCUT2D eigenvalue weighted by molar-refractivity contribution is 7.94. The van der Waals surface area contributed by atoms with Crippen LogP contribution in [0, 0.1) is 17.8 Å². The van der Waals surface area contributed by atoms with Crippen LogP contribution in [0.3, 0.4) is 0 Å². The van der Waals surface area contributed by atoms with Gasteiger partial charge in [0.2, 0.25) is 5.88 Å². The van der Waals surface area contributed by atoms with Crippen molar-refractivity contribution >= 4 is 44.7 Å². The van der Waals surface area contributed by atoms with Gasteiger partial charge in [0.25, 0.3) is 5.91 Å². The van der Waals surface area contributed by atoms with E-state index in [9.17, 15) is 18.6 Å². The van der Waals surface area contributed by atoms with Gasteiger partial charge in [-0.1, -0.05) is 30.7 Å². The minimum Gasteiger partial charge on any atom is -0.490 e. The quantitative estimate of drug-likeness (QED) is 0.143. The third-order valence-corrected chi connectivity index (χ3v) is 15.5. The van der Waals surface area contributed by atoms with E-state index >= 15 is 0 Å². The minimum atomic E-state index is -3.44. The molecule has 5 aliphatic rings. The van der Waals surface area contributed by atoms with Gasteiger partial charge in [0, 0.05) is 73.6 Å². The van der Waals surface area contributed by atoms with Gasteiger partial charge in [-0.25, -0.2) is 4.21 Å². The first-order valence-corrected chi connectivity index (χ1v) is 23.5. The Kier molecular flexibility index (Phi) is 12.7. The number of rotatable bonds is 8. The largest absolute Gasteiger partial charge is 0.490 e. The molecule has 8 rings (SSSR count). The fourth-order valence-corrected chi connectivity index (χ4v) is 12.2. The van der Waals surface area contributed by atoms with Gasteiger partial charge in [0.15, 0.2) is 5.78 Å². The maximum Gasteiger partial charge on any atom is 0.307 e. The molecule has 1 amide bonds. The highest BCUT2D eigenvalue weighted by Crippen LogP contribution is 2.47. The summed E-state index contributed by atoms with van der Waals surface area (Å²) in [5.41, 5.74) is 3.33. The number of amides is 1. The van der Waals surface area contributed by atoms with Gasteiger partial charge in [-0.3, -0.25) is 24.0 Å². The average molecular weight is 862 g/mol. The summed E-state index contributed by atoms with van der Waals surface area (Å²) < 4.78 is 44.7. The predicted molar refractivity (Wildman–Crippen MR) is 230 cm³/mol. The number of allylic oxidation sites excluding steroid dienone is 1. The zero-order valence-electron chi connectivity index (χ0n) is 34.8. The van der Waals surface area contributed by atoms with E-state index in [1.807, 2.05) is 37.3 Å². The number of methoxy groups -OCH3 is 1. The molecule has 0 unspecified atom stereocenters. The molecule has 1 spiro atoms. The number of aryl methyl sites for hydroxylation is 2. The Labute approximate surface area is 357 Å². The molecule has 2 fully saturated rings. The number of nitrogens with zero attached hydrogens (tertiary/aromatic N) is 5. The second-order valence-electron chi connectivity index (χ2n) is 17.3. The Balaban J connectivity index is 1.16. The summed E-state index contributed by atoms with van der Waals surface area (Å²) >= 11 is 6.51. The summed E-state index contributed by atoms with van der Waals surface area (Å²) in [5.74, 6) is -1.01. The van der Waals surface area contributed by atoms with Crippen molar-refractivity contribution in [1.29, 1.82) is 0 Å². The summed E-state index contributed by atoms with van der Waals surface area (Å²) in [7, 11) is -0.352. The Bertz CT molecular complexity index is 2260. The smallest absolute Gasteiger partial charge is 0.307 e. The molecule has 1 aromatic heterocycles. The normalized spacial score (nSPS) is 28.9. The van der Waals surface area contributed by atoms with Crippen LogP contribution in [-0.4, -0.2) is 114 Å². The average Bonchev–Trinajstić information content (AvgIpc) is 3.53. The summed E-state index contributed by atoms with van der Waals surface area (Å²) in [4.78, 5) is 46.1. The number of esters is 1. The van der Waals surface area contributed by atoms with Crippen LogP contribution in [0.4, 0.5) is 5.69 Å². The number of hydrogen-bond donors (Lipinski definition) is 0. The standard InChI is InChI=1S/C45H56ClN5O8S/c1-30-6-4-8-40(59-42(53)15-17-50-18-20-57-21-19-50)35-12-9-33(35)24-51-28-45(16-5-7-31-22-34(46)11-13-37(31)45)29-58-41-14-10-32(23-38(41)51)43(54)48-60(55,26-30)27-39(52)36-25-49(2)47-44(36)56-3/h4,8,10-11,13-14,22-23,25,30,33,35,40H,5-7,9,12,15-21,24,26-29H2,1-3H3/b8-4+/t30-,33-,35+,40-,45-,60+/m0/s1. The van der Waals surface area contributed by atoms with Gasteiger partial charge in [-0.15, -0.1) is 5.10 Å². The van der Waals surface area contributed by atoms with E-state index < -0.39 is 33.3 Å². The van der Waals surface area contributed by atoms with Crippen molar-refractivity contribution in [2.75, 3.05) is 76.1 Å². The van der Waals surface area contributed by atoms with Gasteiger partial charge in [-0.05, 0) is 97.9 Å². The highest BCUT2D eigenvalue weighted by atomic mass is 35.5. The molecule has 13 nitrogen and oxygen atoms in total. The van der Waals surface area contributed by atoms with E-state index in [4.69, 9.17) is 30.5 Å². The number of ether oxygens (including phenoxy) is 4. The maximum atomic E-state index is 14.9. The van der Waals surface area contributed by atoms with Gasteiger partial charge >= 0.3 is 5.97 Å². The maximum absolute atomic E-state index is 14.9. The lowest BCUT2D eigenvalue weighted by Crippen LogP contribution is -2.50. The zero-order valence-corrected chi connectivity index (χ0v) is 36.4. The lowest BCUT2D eigenvalue weighted by molar-refractivity contribution is -0.152. The number of hydrogen-bond acceptors (Lipinski definition) is 11. The van der Waals surface area contributed by atoms with Crippen LogP contribution in [0.1, 0.15) is 77.3 Å². The second-order valence-corrected chi connectivity index (χ2v) is 20.1. The molecular formula is C45H56ClN5O8S. The molecule has 4 heterocycles. The third kappa shape index (κ3) is 9.31. The molecule has 1 saturated carbocycles. The topological polar surface area (TPSA) is 142 Å². The molecule has 0 N–H and O–H groups in total. The summed E-state index contributed by atoms with van der Waals surface area (Å²) in [5, 5.41) is 4.92. The first kappa shape index (κ1) is 42.5. The summed E-state index contributed by atoms with van der Waals surface area (Å²) in [6.07, 6.45) is 10.6. The van der Waals surface area contributed by atoms with E-state index in [0.29, 0.717) is 56.6 Å². The molecule has 0 radical (unpaired) electrons. The first-order chi connectivity index (χ1) is 28.9. The Hall–Kier alpha value is -4.24. The van der Waals surface area contributed by atoms with Crippen LogP contribution in [0.5, 0.6) is 11.6 Å². The van der Waals surface area contributed by atoms with Crippen LogP contribution in [0.2, 0.25) is 5.02 Å². The van der Waals surface area contributed by atoms with Crippen LogP contribution >= 0.6 is 11.6 Å². The zero-order chi connectivity index (χ0) is 42.0. The van der Waals surface area contributed by atoms with Gasteiger partial charge in [-0.2, -0.15) is 4.36 Å². The van der Waals surface area contributed by atoms with Crippen molar-refractivity contribution in [2.45, 2.75) is 63.4 Å². The number of ketones is 1. The molecule has 2 aliphatic carbocycles. The number of fused-ring (bicyclic) bond motifs is 4. The number of benzene rings is 2. The second kappa shape index (κ2) is 18.0. The van der Waals surface area contributed by atoms with E-state index in [0.717, 1.165) is 50.9 Å². The van der Waals surface area contributed by atoms with E-state index in [1.54, 1.807) is 13.1 Å². The summed E-state index contributed by atoms with van der Waals surface area (Å²) in [6, 6.07) is 11.5. The molecule has 1 saturated heterocycles. The molecule has 3 aliphatic heterocycles. The molecule has 3 aromatic rings. The number of morpholine rings is 1. The molecule has 60 heavy (non-hydrogen) atoms. The molecule has 6 atom stereocenters. The van der Waals surface area contributed by atoms with Crippen molar-refractivity contribution in [3.05, 3.63) is 82.0 Å². The third-order valence-electron chi connectivity index (χ3n) is 12.9. The number of Topliss-reactive ketones (excluding diaryl/α,β-unsaturated/α-hetero) is 1. The van der Waals surface area contributed by atoms with Crippen LogP contribution in [-0.2, 0) is 42.9 Å². The Morgan fingerprint density at radius 2 is 1.95 bits per heavy atom. The SMILES string of the molecule is COc1nn(C)cc1C(=O)C[S@@]1(=O)=NC(=O)c2ccc3c(c2)N(C[C@@H]2CC[C@H]2[C@@H](OC(=O)CCN2CCOCC2)/C=C/C[C@H](C)C1)C[C@@]1(CCCc2cc(Cl)ccc21)CO3. The van der Waals surface area contributed by atoms with E-state index in [-0.39, 0.29) is 58.3 Å². The fourth-order valence-electron chi connectivity index (χ4n) is 9.72. The van der Waals surface area contributed by atoms with Crippen molar-refractivity contribution in [3.8, 4) is 11.6 Å². The number of carbonyl (C=O) groups is 3. The van der Waals surface area contributed by atoms with Crippen molar-refractivity contribution in [3.63, 3.8) is 0 Å². The van der Waals surface area contributed by atoms with Gasteiger partial charge < -0.3 is 23.8 Å². The van der Waals surface area contributed by atoms with Gasteiger partial charge in [0.1, 0.15) is 17.4 Å². The number of halogens is 1. The Morgan fingerprint density at radius 3 is 2.73 bits per heavy atom. The Morgan fingerprint density at radius 1 is 1.12 bits per heavy atom. The minimum absolute atomic E-state index is 0.000420. The van der Waals surface area contributed by atoms with Crippen LogP contribution in [0.15, 0.2) is 59.1 Å². The van der Waals surface area contributed by atoms with Crippen molar-refractivity contribution in [1.82, 2.24) is 14.7 Å². The molecule has 322 valence electrons.